The lowest BCUT2D eigenvalue weighted by molar-refractivity contribution is 0.632. The van der Waals surface area contributed by atoms with Crippen molar-refractivity contribution in [2.75, 3.05) is 17.7 Å². The zero-order chi connectivity index (χ0) is 21.4. The SMILES string of the molecule is CCC(CC)c1ccc(Cl)c2nc3n(c12)CCCCN3c1ccc(S(C)=O)cc1C. The van der Waals surface area contributed by atoms with Gasteiger partial charge in [-0.05, 0) is 73.9 Å². The number of hydrogen-bond acceptors (Lipinski definition) is 3. The topological polar surface area (TPSA) is 38.1 Å². The molecule has 0 radical (unpaired) electrons. The quantitative estimate of drug-likeness (QED) is 0.447. The zero-order valence-electron chi connectivity index (χ0n) is 18.2. The Labute approximate surface area is 186 Å². The first-order valence-corrected chi connectivity index (χ1v) is 12.8. The largest absolute Gasteiger partial charge is 0.312 e. The fourth-order valence-corrected chi connectivity index (χ4v) is 5.47. The van der Waals surface area contributed by atoms with Gasteiger partial charge in [0.05, 0.1) is 10.5 Å². The average Bonchev–Trinajstić information content (AvgIpc) is 2.99. The number of imidazole rings is 1. The molecule has 0 spiro atoms. The molecule has 30 heavy (non-hydrogen) atoms. The molecule has 6 heteroatoms. The van der Waals surface area contributed by atoms with Crippen LogP contribution in [0, 0.1) is 6.92 Å². The third-order valence-electron chi connectivity index (χ3n) is 6.33. The minimum atomic E-state index is -0.984. The van der Waals surface area contributed by atoms with E-state index < -0.39 is 10.8 Å². The number of aromatic nitrogens is 2. The van der Waals surface area contributed by atoms with Crippen molar-refractivity contribution in [3.63, 3.8) is 0 Å². The maximum atomic E-state index is 11.9. The van der Waals surface area contributed by atoms with Crippen LogP contribution in [-0.4, -0.2) is 26.6 Å². The third kappa shape index (κ3) is 3.67. The molecule has 3 aromatic rings. The normalized spacial score (nSPS) is 15.5. The highest BCUT2D eigenvalue weighted by Gasteiger charge is 2.26. The molecule has 0 saturated heterocycles. The van der Waals surface area contributed by atoms with E-state index in [1.165, 1.54) is 11.1 Å². The summed E-state index contributed by atoms with van der Waals surface area (Å²) in [5, 5.41) is 0.716. The number of aryl methyl sites for hydroxylation is 2. The molecule has 1 atom stereocenters. The van der Waals surface area contributed by atoms with Gasteiger partial charge in [-0.25, -0.2) is 4.98 Å². The highest BCUT2D eigenvalue weighted by molar-refractivity contribution is 7.84. The van der Waals surface area contributed by atoms with Gasteiger partial charge in [-0.3, -0.25) is 4.21 Å². The first-order valence-electron chi connectivity index (χ1n) is 10.9. The summed E-state index contributed by atoms with van der Waals surface area (Å²) in [6.45, 7) is 8.46. The molecule has 1 aromatic heterocycles. The molecule has 0 N–H and O–H groups in total. The number of rotatable bonds is 5. The van der Waals surface area contributed by atoms with E-state index >= 15 is 0 Å². The number of fused-ring (bicyclic) bond motifs is 3. The molecule has 2 aromatic carbocycles. The van der Waals surface area contributed by atoms with Crippen molar-refractivity contribution in [1.82, 2.24) is 9.55 Å². The maximum absolute atomic E-state index is 11.9. The van der Waals surface area contributed by atoms with Crippen molar-refractivity contribution in [3.05, 3.63) is 46.5 Å². The average molecular weight is 444 g/mol. The van der Waals surface area contributed by atoms with Crippen molar-refractivity contribution in [2.24, 2.45) is 0 Å². The van der Waals surface area contributed by atoms with E-state index in [1.54, 1.807) is 6.26 Å². The van der Waals surface area contributed by atoms with Gasteiger partial charge >= 0.3 is 0 Å². The molecule has 4 nitrogen and oxygen atoms in total. The smallest absolute Gasteiger partial charge is 0.211 e. The van der Waals surface area contributed by atoms with Crippen LogP contribution in [0.15, 0.2) is 35.2 Å². The molecular weight excluding hydrogens is 414 g/mol. The molecule has 1 unspecified atom stereocenters. The molecule has 0 bridgehead atoms. The van der Waals surface area contributed by atoms with Crippen LogP contribution in [0.3, 0.4) is 0 Å². The fourth-order valence-electron chi connectivity index (χ4n) is 4.67. The van der Waals surface area contributed by atoms with Crippen molar-refractivity contribution < 1.29 is 4.21 Å². The highest BCUT2D eigenvalue weighted by atomic mass is 35.5. The second kappa shape index (κ2) is 8.72. The molecule has 2 heterocycles. The number of hydrogen-bond donors (Lipinski definition) is 0. The lowest BCUT2D eigenvalue weighted by Gasteiger charge is -2.24. The number of nitrogens with zero attached hydrogens (tertiary/aromatic N) is 3. The monoisotopic (exact) mass is 443 g/mol. The van der Waals surface area contributed by atoms with Crippen LogP contribution in [0.25, 0.3) is 11.0 Å². The van der Waals surface area contributed by atoms with Crippen LogP contribution in [0.1, 0.15) is 56.6 Å². The minimum Gasteiger partial charge on any atom is -0.312 e. The summed E-state index contributed by atoms with van der Waals surface area (Å²) in [5.41, 5.74) is 5.71. The predicted molar refractivity (Wildman–Crippen MR) is 128 cm³/mol. The summed E-state index contributed by atoms with van der Waals surface area (Å²) >= 11 is 6.63. The van der Waals surface area contributed by atoms with Crippen molar-refractivity contribution in [2.45, 2.75) is 63.8 Å². The van der Waals surface area contributed by atoms with Crippen LogP contribution < -0.4 is 4.90 Å². The molecular formula is C24H30ClN3OS. The molecule has 1 aliphatic rings. The van der Waals surface area contributed by atoms with Crippen molar-refractivity contribution >= 4 is 45.1 Å². The standard InChI is InChI=1S/C24H30ClN3OS/c1-5-17(6-2)19-10-11-20(25)22-23(19)28-14-8-7-13-27(24(28)26-22)21-12-9-18(30(4)29)15-16(21)3/h9-12,15,17H,5-8,13-14H2,1-4H3. The van der Waals surface area contributed by atoms with E-state index in [9.17, 15) is 4.21 Å². The van der Waals surface area contributed by atoms with E-state index in [0.717, 1.165) is 66.4 Å². The Kier molecular flexibility index (Phi) is 6.21. The highest BCUT2D eigenvalue weighted by Crippen LogP contribution is 2.40. The van der Waals surface area contributed by atoms with Gasteiger partial charge in [0.2, 0.25) is 5.95 Å². The fraction of sp³-hybridized carbons (Fsp3) is 0.458. The number of benzene rings is 2. The van der Waals surface area contributed by atoms with E-state index in [-0.39, 0.29) is 0 Å². The van der Waals surface area contributed by atoms with Gasteiger partial charge in [-0.1, -0.05) is 31.5 Å². The number of halogens is 1. The van der Waals surface area contributed by atoms with Crippen LogP contribution in [0.2, 0.25) is 5.02 Å². The summed E-state index contributed by atoms with van der Waals surface area (Å²) in [6, 6.07) is 10.3. The van der Waals surface area contributed by atoms with E-state index in [1.807, 2.05) is 18.2 Å². The van der Waals surface area contributed by atoms with E-state index in [2.05, 4.69) is 42.4 Å². The Morgan fingerprint density at radius 1 is 1.13 bits per heavy atom. The Balaban J connectivity index is 1.93. The van der Waals surface area contributed by atoms with Gasteiger partial charge < -0.3 is 9.47 Å². The summed E-state index contributed by atoms with van der Waals surface area (Å²) < 4.78 is 14.3. The van der Waals surface area contributed by atoms with Gasteiger partial charge in [0.15, 0.2) is 0 Å². The Bertz CT molecular complexity index is 1100. The van der Waals surface area contributed by atoms with Crippen molar-refractivity contribution in [1.29, 1.82) is 0 Å². The van der Waals surface area contributed by atoms with E-state index in [0.29, 0.717) is 10.9 Å². The first-order chi connectivity index (χ1) is 14.5. The lowest BCUT2D eigenvalue weighted by Crippen LogP contribution is -2.21. The second-order valence-corrected chi connectivity index (χ2v) is 9.96. The second-order valence-electron chi connectivity index (χ2n) is 8.17. The van der Waals surface area contributed by atoms with Gasteiger partial charge in [0.25, 0.3) is 0 Å². The molecule has 4 rings (SSSR count). The maximum Gasteiger partial charge on any atom is 0.211 e. The van der Waals surface area contributed by atoms with Crippen LogP contribution in [0.5, 0.6) is 0 Å². The molecule has 160 valence electrons. The van der Waals surface area contributed by atoms with Gasteiger partial charge in [0.1, 0.15) is 5.52 Å². The summed E-state index contributed by atoms with van der Waals surface area (Å²) in [6.07, 6.45) is 6.15. The summed E-state index contributed by atoms with van der Waals surface area (Å²) in [5.74, 6) is 1.47. The zero-order valence-corrected chi connectivity index (χ0v) is 19.8. The molecule has 1 aliphatic heterocycles. The van der Waals surface area contributed by atoms with E-state index in [4.69, 9.17) is 16.6 Å². The number of anilines is 2. The lowest BCUT2D eigenvalue weighted by atomic mass is 9.93. The van der Waals surface area contributed by atoms with Crippen molar-refractivity contribution in [3.8, 4) is 0 Å². The van der Waals surface area contributed by atoms with Crippen LogP contribution in [0.4, 0.5) is 11.6 Å². The molecule has 0 fully saturated rings. The van der Waals surface area contributed by atoms with Gasteiger partial charge in [-0.15, -0.1) is 0 Å². The van der Waals surface area contributed by atoms with Crippen LogP contribution in [-0.2, 0) is 17.3 Å². The molecule has 0 saturated carbocycles. The Morgan fingerprint density at radius 3 is 2.53 bits per heavy atom. The van der Waals surface area contributed by atoms with Gasteiger partial charge in [0, 0.05) is 40.7 Å². The van der Waals surface area contributed by atoms with Crippen LogP contribution >= 0.6 is 11.6 Å². The first kappa shape index (κ1) is 21.4. The Hall–Kier alpha value is -1.85. The summed E-state index contributed by atoms with van der Waals surface area (Å²) in [4.78, 5) is 8.25. The Morgan fingerprint density at radius 2 is 1.87 bits per heavy atom. The molecule has 0 amide bonds. The summed E-state index contributed by atoms with van der Waals surface area (Å²) in [7, 11) is -0.984. The van der Waals surface area contributed by atoms with Gasteiger partial charge in [-0.2, -0.15) is 0 Å². The predicted octanol–water partition coefficient (Wildman–Crippen LogP) is 6.57. The molecule has 0 aliphatic carbocycles. The minimum absolute atomic E-state index is 0.503. The third-order valence-corrected chi connectivity index (χ3v) is 7.55.